The highest BCUT2D eigenvalue weighted by molar-refractivity contribution is 14.1. The summed E-state index contributed by atoms with van der Waals surface area (Å²) in [6.45, 7) is 8.33. The lowest BCUT2D eigenvalue weighted by molar-refractivity contribution is 0.240. The van der Waals surface area contributed by atoms with Gasteiger partial charge in [0.05, 0.1) is 9.67 Å². The van der Waals surface area contributed by atoms with Gasteiger partial charge in [-0.25, -0.2) is 0 Å². The minimum Gasteiger partial charge on any atom is -0.490 e. The molecule has 0 bridgehead atoms. The lowest BCUT2D eigenvalue weighted by Gasteiger charge is -2.13. The van der Waals surface area contributed by atoms with E-state index in [1.807, 2.05) is 13.8 Å². The van der Waals surface area contributed by atoms with E-state index in [1.54, 1.807) is 0 Å². The molecular formula is C11H15IO. The molecule has 1 rings (SSSR count). The van der Waals surface area contributed by atoms with Crippen molar-refractivity contribution in [1.82, 2.24) is 0 Å². The Kier molecular flexibility index (Phi) is 3.59. The van der Waals surface area contributed by atoms with E-state index in [1.165, 1.54) is 14.7 Å². The van der Waals surface area contributed by atoms with Crippen LogP contribution in [0.25, 0.3) is 0 Å². The predicted octanol–water partition coefficient (Wildman–Crippen LogP) is 3.70. The molecule has 0 heterocycles. The Bertz CT molecular complexity index is 305. The maximum Gasteiger partial charge on any atom is 0.133 e. The molecule has 0 aliphatic rings. The molecule has 0 amide bonds. The van der Waals surface area contributed by atoms with E-state index >= 15 is 0 Å². The van der Waals surface area contributed by atoms with E-state index in [4.69, 9.17) is 4.74 Å². The summed E-state index contributed by atoms with van der Waals surface area (Å²) >= 11 is 2.31. The molecule has 0 unspecified atom stereocenters. The number of rotatable bonds is 2. The highest BCUT2D eigenvalue weighted by Crippen LogP contribution is 2.25. The lowest BCUT2D eigenvalue weighted by Crippen LogP contribution is -2.07. The van der Waals surface area contributed by atoms with E-state index in [0.717, 1.165) is 5.75 Å². The quantitative estimate of drug-likeness (QED) is 0.755. The van der Waals surface area contributed by atoms with E-state index in [9.17, 15) is 0 Å². The minimum absolute atomic E-state index is 0.246. The summed E-state index contributed by atoms with van der Waals surface area (Å²) in [5.74, 6) is 0.999. The van der Waals surface area contributed by atoms with Gasteiger partial charge in [-0.15, -0.1) is 0 Å². The second kappa shape index (κ2) is 4.31. The van der Waals surface area contributed by atoms with E-state index in [-0.39, 0.29) is 6.10 Å². The van der Waals surface area contributed by atoms with Crippen molar-refractivity contribution in [2.45, 2.75) is 33.8 Å². The van der Waals surface area contributed by atoms with Crippen LogP contribution in [0.4, 0.5) is 0 Å². The smallest absolute Gasteiger partial charge is 0.133 e. The summed E-state index contributed by atoms with van der Waals surface area (Å²) in [6, 6.07) is 4.27. The average molecular weight is 290 g/mol. The zero-order chi connectivity index (χ0) is 10.0. The molecule has 0 radical (unpaired) electrons. The summed E-state index contributed by atoms with van der Waals surface area (Å²) in [6.07, 6.45) is 0.246. The zero-order valence-electron chi connectivity index (χ0n) is 8.52. The van der Waals surface area contributed by atoms with Crippen LogP contribution in [0.3, 0.4) is 0 Å². The van der Waals surface area contributed by atoms with Gasteiger partial charge in [0, 0.05) is 0 Å². The second-order valence-electron chi connectivity index (χ2n) is 3.53. The van der Waals surface area contributed by atoms with Crippen LogP contribution in [0.1, 0.15) is 25.0 Å². The average Bonchev–Trinajstić information content (AvgIpc) is 1.99. The third-order valence-electron chi connectivity index (χ3n) is 1.91. The third-order valence-corrected chi connectivity index (χ3v) is 2.75. The molecule has 0 N–H and O–H groups in total. The standard InChI is InChI=1S/C11H15IO/c1-7(2)13-11-6-9(4)8(3)5-10(11)12/h5-7H,1-4H3. The van der Waals surface area contributed by atoms with E-state index in [2.05, 4.69) is 48.6 Å². The Morgan fingerprint density at radius 3 is 2.23 bits per heavy atom. The van der Waals surface area contributed by atoms with Gasteiger partial charge in [0.15, 0.2) is 0 Å². The van der Waals surface area contributed by atoms with Gasteiger partial charge in [0.1, 0.15) is 5.75 Å². The third kappa shape index (κ3) is 2.86. The van der Waals surface area contributed by atoms with Crippen molar-refractivity contribution in [1.29, 1.82) is 0 Å². The predicted molar refractivity (Wildman–Crippen MR) is 64.4 cm³/mol. The molecule has 1 aromatic rings. The fourth-order valence-corrected chi connectivity index (χ4v) is 1.85. The first-order valence-electron chi connectivity index (χ1n) is 4.44. The van der Waals surface area contributed by atoms with Crippen LogP contribution in [0.2, 0.25) is 0 Å². The van der Waals surface area contributed by atoms with Crippen molar-refractivity contribution < 1.29 is 4.74 Å². The normalized spacial score (nSPS) is 10.6. The zero-order valence-corrected chi connectivity index (χ0v) is 10.7. The van der Waals surface area contributed by atoms with Crippen molar-refractivity contribution in [2.75, 3.05) is 0 Å². The SMILES string of the molecule is Cc1cc(I)c(OC(C)C)cc1C. The highest BCUT2D eigenvalue weighted by atomic mass is 127. The van der Waals surface area contributed by atoms with Gasteiger partial charge in [0.25, 0.3) is 0 Å². The molecule has 0 atom stereocenters. The Morgan fingerprint density at radius 1 is 1.15 bits per heavy atom. The molecule has 13 heavy (non-hydrogen) atoms. The molecule has 0 saturated carbocycles. The van der Waals surface area contributed by atoms with Crippen LogP contribution in [-0.2, 0) is 0 Å². The van der Waals surface area contributed by atoms with Gasteiger partial charge in [0.2, 0.25) is 0 Å². The molecule has 72 valence electrons. The first kappa shape index (κ1) is 10.8. The fourth-order valence-electron chi connectivity index (χ4n) is 1.10. The molecular weight excluding hydrogens is 275 g/mol. The van der Waals surface area contributed by atoms with Crippen molar-refractivity contribution in [2.24, 2.45) is 0 Å². The summed E-state index contributed by atoms with van der Waals surface area (Å²) in [7, 11) is 0. The highest BCUT2D eigenvalue weighted by Gasteiger charge is 2.05. The summed E-state index contributed by atoms with van der Waals surface area (Å²) < 4.78 is 6.86. The number of hydrogen-bond acceptors (Lipinski definition) is 1. The van der Waals surface area contributed by atoms with Crippen LogP contribution >= 0.6 is 22.6 Å². The van der Waals surface area contributed by atoms with Gasteiger partial charge in [-0.2, -0.15) is 0 Å². The van der Waals surface area contributed by atoms with Crippen molar-refractivity contribution >= 4 is 22.6 Å². The topological polar surface area (TPSA) is 9.23 Å². The molecule has 2 heteroatoms. The summed E-state index contributed by atoms with van der Waals surface area (Å²) in [5, 5.41) is 0. The molecule has 1 nitrogen and oxygen atoms in total. The molecule has 0 saturated heterocycles. The molecule has 0 aliphatic heterocycles. The molecule has 0 fully saturated rings. The Hall–Kier alpha value is -0.250. The first-order valence-corrected chi connectivity index (χ1v) is 5.52. The number of benzene rings is 1. The maximum atomic E-state index is 5.67. The van der Waals surface area contributed by atoms with E-state index in [0.29, 0.717) is 0 Å². The monoisotopic (exact) mass is 290 g/mol. The fraction of sp³-hybridized carbons (Fsp3) is 0.455. The lowest BCUT2D eigenvalue weighted by atomic mass is 10.1. The van der Waals surface area contributed by atoms with Gasteiger partial charge < -0.3 is 4.74 Å². The number of ether oxygens (including phenoxy) is 1. The minimum atomic E-state index is 0.246. The second-order valence-corrected chi connectivity index (χ2v) is 4.70. The number of halogens is 1. The van der Waals surface area contributed by atoms with Gasteiger partial charge in [-0.3, -0.25) is 0 Å². The molecule has 0 aliphatic carbocycles. The molecule has 0 spiro atoms. The number of aryl methyl sites for hydroxylation is 2. The molecule has 0 aromatic heterocycles. The maximum absolute atomic E-state index is 5.67. The van der Waals surface area contributed by atoms with Crippen LogP contribution in [0.5, 0.6) is 5.75 Å². The van der Waals surface area contributed by atoms with Crippen LogP contribution < -0.4 is 4.74 Å². The van der Waals surface area contributed by atoms with Gasteiger partial charge in [-0.05, 0) is 73.5 Å². The van der Waals surface area contributed by atoms with Crippen molar-refractivity contribution in [3.63, 3.8) is 0 Å². The summed E-state index contributed by atoms with van der Waals surface area (Å²) in [5.41, 5.74) is 2.61. The molecule has 1 aromatic carbocycles. The summed E-state index contributed by atoms with van der Waals surface area (Å²) in [4.78, 5) is 0. The van der Waals surface area contributed by atoms with Gasteiger partial charge >= 0.3 is 0 Å². The Labute approximate surface area is 93.6 Å². The van der Waals surface area contributed by atoms with Crippen LogP contribution in [-0.4, -0.2) is 6.10 Å². The Balaban J connectivity index is 3.01. The number of hydrogen-bond donors (Lipinski definition) is 0. The van der Waals surface area contributed by atoms with Gasteiger partial charge in [-0.1, -0.05) is 0 Å². The van der Waals surface area contributed by atoms with Crippen LogP contribution in [0.15, 0.2) is 12.1 Å². The largest absolute Gasteiger partial charge is 0.490 e. The van der Waals surface area contributed by atoms with Crippen molar-refractivity contribution in [3.8, 4) is 5.75 Å². The Morgan fingerprint density at radius 2 is 1.69 bits per heavy atom. The van der Waals surface area contributed by atoms with Crippen LogP contribution in [0, 0.1) is 17.4 Å². The van der Waals surface area contributed by atoms with E-state index < -0.39 is 0 Å². The first-order chi connectivity index (χ1) is 6.00. The van der Waals surface area contributed by atoms with Crippen molar-refractivity contribution in [3.05, 3.63) is 26.8 Å².